The van der Waals surface area contributed by atoms with Gasteiger partial charge in [0.25, 0.3) is 0 Å². The molecule has 0 amide bonds. The van der Waals surface area contributed by atoms with Gasteiger partial charge in [-0.05, 0) is 30.5 Å². The van der Waals surface area contributed by atoms with E-state index in [1.165, 1.54) is 43.4 Å². The summed E-state index contributed by atoms with van der Waals surface area (Å²) in [6, 6.07) is 7.03. The first kappa shape index (κ1) is 16.7. The van der Waals surface area contributed by atoms with Crippen molar-refractivity contribution in [1.29, 1.82) is 0 Å². The van der Waals surface area contributed by atoms with Gasteiger partial charge in [-0.3, -0.25) is 4.68 Å². The van der Waals surface area contributed by atoms with Crippen LogP contribution in [0.5, 0.6) is 0 Å². The summed E-state index contributed by atoms with van der Waals surface area (Å²) in [7, 11) is 1.99. The number of carboxylic acid groups (broad SMARTS) is 1. The molecular formula is C19H25N3O2. The molecule has 1 heterocycles. The van der Waals surface area contributed by atoms with Crippen LogP contribution in [0.1, 0.15) is 65.2 Å². The molecule has 0 bridgehead atoms. The van der Waals surface area contributed by atoms with E-state index in [9.17, 15) is 4.79 Å². The second kappa shape index (κ2) is 7.62. The van der Waals surface area contributed by atoms with Crippen molar-refractivity contribution in [3.8, 4) is 0 Å². The molecule has 0 radical (unpaired) electrons. The third-order valence-electron chi connectivity index (χ3n) is 4.77. The van der Waals surface area contributed by atoms with Crippen LogP contribution in [0.4, 0.5) is 0 Å². The lowest BCUT2D eigenvalue weighted by Gasteiger charge is -2.21. The lowest BCUT2D eigenvalue weighted by Crippen LogP contribution is -2.15. The molecule has 2 aromatic rings. The third kappa shape index (κ3) is 4.03. The molecule has 5 heteroatoms. The number of hydrogen-bond acceptors (Lipinski definition) is 3. The van der Waals surface area contributed by atoms with Gasteiger partial charge >= 0.3 is 5.97 Å². The van der Waals surface area contributed by atoms with Crippen LogP contribution in [-0.4, -0.2) is 20.9 Å². The van der Waals surface area contributed by atoms with Gasteiger partial charge in [-0.15, -0.1) is 0 Å². The van der Waals surface area contributed by atoms with Crippen molar-refractivity contribution in [2.45, 2.75) is 51.1 Å². The SMILES string of the molecule is Cn1cc(CNCc2ccc(C(=O)O)cc2)c(C2CCCCC2)n1. The van der Waals surface area contributed by atoms with Crippen molar-refractivity contribution in [2.75, 3.05) is 0 Å². The molecule has 0 saturated heterocycles. The van der Waals surface area contributed by atoms with Crippen LogP contribution in [0.3, 0.4) is 0 Å². The molecular weight excluding hydrogens is 302 g/mol. The largest absolute Gasteiger partial charge is 0.478 e. The standard InChI is InChI=1S/C19H25N3O2/c1-22-13-17(18(21-22)15-5-3-2-4-6-15)12-20-11-14-7-9-16(10-8-14)19(23)24/h7-10,13,15,20H,2-6,11-12H2,1H3,(H,23,24). The van der Waals surface area contributed by atoms with Gasteiger partial charge in [0.05, 0.1) is 11.3 Å². The highest BCUT2D eigenvalue weighted by atomic mass is 16.4. The molecule has 2 N–H and O–H groups in total. The molecule has 0 unspecified atom stereocenters. The Morgan fingerprint density at radius 1 is 1.21 bits per heavy atom. The van der Waals surface area contributed by atoms with Crippen LogP contribution in [-0.2, 0) is 20.1 Å². The summed E-state index contributed by atoms with van der Waals surface area (Å²) in [4.78, 5) is 10.9. The van der Waals surface area contributed by atoms with Crippen molar-refractivity contribution >= 4 is 5.97 Å². The fourth-order valence-corrected chi connectivity index (χ4v) is 3.52. The van der Waals surface area contributed by atoms with Gasteiger partial charge in [0.2, 0.25) is 0 Å². The molecule has 3 rings (SSSR count). The molecule has 0 atom stereocenters. The number of nitrogens with zero attached hydrogens (tertiary/aromatic N) is 2. The van der Waals surface area contributed by atoms with Crippen molar-refractivity contribution in [1.82, 2.24) is 15.1 Å². The summed E-state index contributed by atoms with van der Waals surface area (Å²) in [5.41, 5.74) is 3.95. The monoisotopic (exact) mass is 327 g/mol. The Balaban J connectivity index is 1.59. The third-order valence-corrected chi connectivity index (χ3v) is 4.77. The highest BCUT2D eigenvalue weighted by Crippen LogP contribution is 2.33. The quantitative estimate of drug-likeness (QED) is 0.853. The minimum Gasteiger partial charge on any atom is -0.478 e. The molecule has 1 fully saturated rings. The van der Waals surface area contributed by atoms with E-state index in [0.717, 1.165) is 18.7 Å². The maximum Gasteiger partial charge on any atom is 0.335 e. The van der Waals surface area contributed by atoms with Gasteiger partial charge in [-0.1, -0.05) is 31.4 Å². The highest BCUT2D eigenvalue weighted by molar-refractivity contribution is 5.87. The lowest BCUT2D eigenvalue weighted by molar-refractivity contribution is 0.0697. The second-order valence-corrected chi connectivity index (χ2v) is 6.65. The number of benzene rings is 1. The van der Waals surface area contributed by atoms with E-state index in [1.54, 1.807) is 12.1 Å². The molecule has 24 heavy (non-hydrogen) atoms. The Labute approximate surface area is 142 Å². The van der Waals surface area contributed by atoms with Crippen molar-refractivity contribution in [3.63, 3.8) is 0 Å². The van der Waals surface area contributed by atoms with Gasteiger partial charge in [0.15, 0.2) is 0 Å². The van der Waals surface area contributed by atoms with Crippen molar-refractivity contribution < 1.29 is 9.90 Å². The summed E-state index contributed by atoms with van der Waals surface area (Å²) in [5.74, 6) is -0.284. The first-order chi connectivity index (χ1) is 11.6. The second-order valence-electron chi connectivity index (χ2n) is 6.65. The van der Waals surface area contributed by atoms with Crippen molar-refractivity contribution in [2.24, 2.45) is 7.05 Å². The maximum atomic E-state index is 10.9. The number of aryl methyl sites for hydroxylation is 1. The van der Waals surface area contributed by atoms with Gasteiger partial charge < -0.3 is 10.4 Å². The number of hydrogen-bond donors (Lipinski definition) is 2. The minimum absolute atomic E-state index is 0.325. The van der Waals surface area contributed by atoms with Crippen LogP contribution in [0.25, 0.3) is 0 Å². The summed E-state index contributed by atoms with van der Waals surface area (Å²) >= 11 is 0. The number of aromatic nitrogens is 2. The van der Waals surface area contributed by atoms with E-state index in [0.29, 0.717) is 11.5 Å². The normalized spacial score (nSPS) is 15.5. The first-order valence-corrected chi connectivity index (χ1v) is 8.69. The summed E-state index contributed by atoms with van der Waals surface area (Å²) in [6.07, 6.45) is 8.59. The van der Waals surface area contributed by atoms with E-state index in [1.807, 2.05) is 23.9 Å². The Morgan fingerprint density at radius 2 is 1.92 bits per heavy atom. The van der Waals surface area contributed by atoms with Crippen LogP contribution in [0.2, 0.25) is 0 Å². The molecule has 1 aromatic heterocycles. The maximum absolute atomic E-state index is 10.9. The number of rotatable bonds is 6. The van der Waals surface area contributed by atoms with Crippen molar-refractivity contribution in [3.05, 3.63) is 52.8 Å². The zero-order valence-corrected chi connectivity index (χ0v) is 14.2. The lowest BCUT2D eigenvalue weighted by atomic mass is 9.85. The molecule has 1 aliphatic rings. The molecule has 0 aliphatic heterocycles. The minimum atomic E-state index is -0.887. The van der Waals surface area contributed by atoms with E-state index in [-0.39, 0.29) is 0 Å². The first-order valence-electron chi connectivity index (χ1n) is 8.69. The summed E-state index contributed by atoms with van der Waals surface area (Å²) < 4.78 is 1.92. The fourth-order valence-electron chi connectivity index (χ4n) is 3.52. The number of carbonyl (C=O) groups is 1. The van der Waals surface area contributed by atoms with E-state index >= 15 is 0 Å². The molecule has 1 aromatic carbocycles. The molecule has 5 nitrogen and oxygen atoms in total. The number of aromatic carboxylic acids is 1. The summed E-state index contributed by atoms with van der Waals surface area (Å²) in [6.45, 7) is 1.51. The molecule has 128 valence electrons. The fraction of sp³-hybridized carbons (Fsp3) is 0.474. The van der Waals surface area contributed by atoms with Gasteiger partial charge in [-0.2, -0.15) is 5.10 Å². The Kier molecular flexibility index (Phi) is 5.30. The predicted octanol–water partition coefficient (Wildman–Crippen LogP) is 3.46. The molecule has 1 aliphatic carbocycles. The Bertz CT molecular complexity index is 685. The average Bonchev–Trinajstić information content (AvgIpc) is 2.97. The van der Waals surface area contributed by atoms with Crippen LogP contribution < -0.4 is 5.32 Å². The Morgan fingerprint density at radius 3 is 2.58 bits per heavy atom. The topological polar surface area (TPSA) is 67.2 Å². The van der Waals surface area contributed by atoms with Gasteiger partial charge in [-0.25, -0.2) is 4.79 Å². The molecule has 0 spiro atoms. The van der Waals surface area contributed by atoms with Crippen LogP contribution in [0, 0.1) is 0 Å². The predicted molar refractivity (Wildman–Crippen MR) is 93.0 cm³/mol. The Hall–Kier alpha value is -2.14. The van der Waals surface area contributed by atoms with Gasteiger partial charge in [0.1, 0.15) is 0 Å². The zero-order valence-electron chi connectivity index (χ0n) is 14.2. The highest BCUT2D eigenvalue weighted by Gasteiger charge is 2.21. The summed E-state index contributed by atoms with van der Waals surface area (Å²) in [5, 5.41) is 17.1. The zero-order chi connectivity index (χ0) is 16.9. The van der Waals surface area contributed by atoms with Gasteiger partial charge in [0, 0.05) is 37.8 Å². The van der Waals surface area contributed by atoms with E-state index in [4.69, 9.17) is 10.2 Å². The van der Waals surface area contributed by atoms with E-state index < -0.39 is 5.97 Å². The van der Waals surface area contributed by atoms with Crippen LogP contribution >= 0.6 is 0 Å². The smallest absolute Gasteiger partial charge is 0.335 e. The van der Waals surface area contributed by atoms with Crippen LogP contribution in [0.15, 0.2) is 30.5 Å². The number of nitrogens with one attached hydrogen (secondary N) is 1. The molecule has 1 saturated carbocycles. The number of carboxylic acids is 1. The van der Waals surface area contributed by atoms with E-state index in [2.05, 4.69) is 11.5 Å². The average molecular weight is 327 g/mol.